The van der Waals surface area contributed by atoms with E-state index in [0.29, 0.717) is 28.5 Å². The van der Waals surface area contributed by atoms with Crippen molar-refractivity contribution in [1.29, 1.82) is 5.26 Å². The molecule has 0 saturated heterocycles. The van der Waals surface area contributed by atoms with E-state index >= 15 is 0 Å². The highest BCUT2D eigenvalue weighted by Gasteiger charge is 2.23. The van der Waals surface area contributed by atoms with Crippen molar-refractivity contribution in [3.05, 3.63) is 46.0 Å². The van der Waals surface area contributed by atoms with Gasteiger partial charge in [0.15, 0.2) is 17.1 Å². The van der Waals surface area contributed by atoms with Gasteiger partial charge in [0, 0.05) is 10.3 Å². The normalized spacial score (nSPS) is 13.6. The monoisotopic (exact) mass is 380 g/mol. The lowest BCUT2D eigenvalue weighted by Crippen LogP contribution is -2.10. The molecule has 0 spiro atoms. The molecule has 0 radical (unpaired) electrons. The molecule has 0 bridgehead atoms. The largest absolute Gasteiger partial charge is 0.490 e. The average Bonchev–Trinajstić information content (AvgIpc) is 3.17. The number of thiophene rings is 1. The van der Waals surface area contributed by atoms with Gasteiger partial charge in [-0.15, -0.1) is 11.3 Å². The highest BCUT2D eigenvalue weighted by Crippen LogP contribution is 2.37. The van der Waals surface area contributed by atoms with Crippen molar-refractivity contribution in [2.45, 2.75) is 39.0 Å². The van der Waals surface area contributed by atoms with Crippen molar-refractivity contribution in [3.63, 3.8) is 0 Å². The number of fused-ring (bicyclic) bond motifs is 2. The van der Waals surface area contributed by atoms with Crippen molar-refractivity contribution in [1.82, 2.24) is 0 Å². The number of nitrogens with one attached hydrogen (secondary N) is 1. The van der Waals surface area contributed by atoms with Gasteiger partial charge in [0.25, 0.3) is 5.91 Å². The van der Waals surface area contributed by atoms with Gasteiger partial charge in [-0.2, -0.15) is 5.26 Å². The standard InChI is InChI=1S/C21H20N2O3S/c1-2-25-16-9-6-7-13-11-17(26-19(13)16)20(24)23-21-15(12-22)14-8-4-3-5-10-18(14)27-21/h6-7,9,11H,2-5,8,10H2,1H3,(H,23,24). The van der Waals surface area contributed by atoms with Crippen LogP contribution in [0.4, 0.5) is 5.00 Å². The fraction of sp³-hybridized carbons (Fsp3) is 0.333. The van der Waals surface area contributed by atoms with Gasteiger partial charge in [0.1, 0.15) is 11.1 Å². The molecule has 138 valence electrons. The zero-order chi connectivity index (χ0) is 18.8. The van der Waals surface area contributed by atoms with Crippen LogP contribution in [-0.2, 0) is 12.8 Å². The Bertz CT molecular complexity index is 1040. The maximum atomic E-state index is 12.8. The van der Waals surface area contributed by atoms with E-state index in [9.17, 15) is 10.1 Å². The maximum Gasteiger partial charge on any atom is 0.292 e. The van der Waals surface area contributed by atoms with Crippen LogP contribution in [0.3, 0.4) is 0 Å². The fourth-order valence-corrected chi connectivity index (χ4v) is 4.77. The summed E-state index contributed by atoms with van der Waals surface area (Å²) in [6, 6.07) is 9.56. The lowest BCUT2D eigenvalue weighted by atomic mass is 10.1. The van der Waals surface area contributed by atoms with Crippen LogP contribution in [0.15, 0.2) is 28.7 Å². The summed E-state index contributed by atoms with van der Waals surface area (Å²) in [4.78, 5) is 14.0. The second-order valence-corrected chi connectivity index (χ2v) is 7.66. The summed E-state index contributed by atoms with van der Waals surface area (Å²) in [5, 5.41) is 13.9. The number of benzene rings is 1. The summed E-state index contributed by atoms with van der Waals surface area (Å²) >= 11 is 1.52. The Morgan fingerprint density at radius 3 is 3.00 bits per heavy atom. The zero-order valence-electron chi connectivity index (χ0n) is 15.1. The highest BCUT2D eigenvalue weighted by molar-refractivity contribution is 7.16. The molecule has 0 saturated carbocycles. The number of aryl methyl sites for hydroxylation is 1. The number of hydrogen-bond donors (Lipinski definition) is 1. The van der Waals surface area contributed by atoms with Gasteiger partial charge in [-0.05, 0) is 50.3 Å². The minimum Gasteiger partial charge on any atom is -0.490 e. The van der Waals surface area contributed by atoms with Crippen molar-refractivity contribution < 1.29 is 13.9 Å². The SMILES string of the molecule is CCOc1cccc2cc(C(=O)Nc3sc4c(c3C#N)CCCCC4)oc12. The first-order valence-corrected chi connectivity index (χ1v) is 10.0. The van der Waals surface area contributed by atoms with Crippen molar-refractivity contribution in [3.8, 4) is 11.8 Å². The molecule has 1 amide bonds. The first kappa shape index (κ1) is 17.6. The number of furan rings is 1. The molecule has 1 N–H and O–H groups in total. The number of nitrogens with zero attached hydrogens (tertiary/aromatic N) is 1. The van der Waals surface area contributed by atoms with E-state index < -0.39 is 0 Å². The van der Waals surface area contributed by atoms with Crippen LogP contribution in [-0.4, -0.2) is 12.5 Å². The van der Waals surface area contributed by atoms with E-state index in [-0.39, 0.29) is 11.7 Å². The molecule has 2 heterocycles. The first-order valence-electron chi connectivity index (χ1n) is 9.22. The van der Waals surface area contributed by atoms with Gasteiger partial charge in [0.05, 0.1) is 12.2 Å². The average molecular weight is 380 g/mol. The van der Waals surface area contributed by atoms with Gasteiger partial charge in [-0.1, -0.05) is 18.6 Å². The van der Waals surface area contributed by atoms with Gasteiger partial charge >= 0.3 is 0 Å². The smallest absolute Gasteiger partial charge is 0.292 e. The van der Waals surface area contributed by atoms with Crippen LogP contribution in [0, 0.1) is 11.3 Å². The molecule has 27 heavy (non-hydrogen) atoms. The van der Waals surface area contributed by atoms with Gasteiger partial charge < -0.3 is 14.5 Å². The molecule has 4 rings (SSSR count). The lowest BCUT2D eigenvalue weighted by molar-refractivity contribution is 0.0999. The second kappa shape index (κ2) is 7.45. The number of anilines is 1. The molecule has 1 aromatic carbocycles. The van der Waals surface area contributed by atoms with E-state index in [4.69, 9.17) is 9.15 Å². The molecule has 0 atom stereocenters. The number of carbonyl (C=O) groups is 1. The van der Waals surface area contributed by atoms with E-state index in [2.05, 4.69) is 11.4 Å². The fourth-order valence-electron chi connectivity index (χ4n) is 3.53. The van der Waals surface area contributed by atoms with E-state index in [0.717, 1.165) is 36.6 Å². The Labute approximate surface area is 161 Å². The molecule has 0 unspecified atom stereocenters. The number of amides is 1. The topological polar surface area (TPSA) is 75.3 Å². The number of rotatable bonds is 4. The summed E-state index contributed by atoms with van der Waals surface area (Å²) in [6.07, 6.45) is 5.31. The molecule has 6 heteroatoms. The van der Waals surface area contributed by atoms with Crippen LogP contribution in [0.25, 0.3) is 11.0 Å². The Morgan fingerprint density at radius 1 is 1.33 bits per heavy atom. The number of hydrogen-bond acceptors (Lipinski definition) is 5. The molecule has 0 aliphatic heterocycles. The molecule has 2 aromatic heterocycles. The molecule has 0 fully saturated rings. The Morgan fingerprint density at radius 2 is 2.19 bits per heavy atom. The maximum absolute atomic E-state index is 12.8. The number of para-hydroxylation sites is 1. The summed E-state index contributed by atoms with van der Waals surface area (Å²) in [6.45, 7) is 2.42. The third-order valence-corrected chi connectivity index (χ3v) is 6.00. The van der Waals surface area contributed by atoms with Gasteiger partial charge in [-0.3, -0.25) is 4.79 Å². The predicted molar refractivity (Wildman–Crippen MR) is 106 cm³/mol. The number of nitriles is 1. The minimum absolute atomic E-state index is 0.213. The van der Waals surface area contributed by atoms with Crippen molar-refractivity contribution in [2.24, 2.45) is 0 Å². The highest BCUT2D eigenvalue weighted by atomic mass is 32.1. The Hall–Kier alpha value is -2.78. The summed E-state index contributed by atoms with van der Waals surface area (Å²) in [5.74, 6) is 0.487. The predicted octanol–water partition coefficient (Wildman–Crippen LogP) is 5.29. The van der Waals surface area contributed by atoms with E-state index in [1.54, 1.807) is 6.07 Å². The molecule has 3 aromatic rings. The van der Waals surface area contributed by atoms with Gasteiger partial charge in [0.2, 0.25) is 0 Å². The third-order valence-electron chi connectivity index (χ3n) is 4.79. The Balaban J connectivity index is 1.64. The molecular formula is C21H20N2O3S. The summed E-state index contributed by atoms with van der Waals surface area (Å²) < 4.78 is 11.3. The molecule has 1 aliphatic carbocycles. The number of carbonyl (C=O) groups excluding carboxylic acids is 1. The van der Waals surface area contributed by atoms with E-state index in [1.165, 1.54) is 22.6 Å². The van der Waals surface area contributed by atoms with Crippen molar-refractivity contribution >= 4 is 33.2 Å². The van der Waals surface area contributed by atoms with Crippen molar-refractivity contribution in [2.75, 3.05) is 11.9 Å². The van der Waals surface area contributed by atoms with Crippen LogP contribution >= 0.6 is 11.3 Å². The molecule has 1 aliphatic rings. The first-order chi connectivity index (χ1) is 13.2. The lowest BCUT2D eigenvalue weighted by Gasteiger charge is -2.03. The third kappa shape index (κ3) is 3.31. The summed E-state index contributed by atoms with van der Waals surface area (Å²) in [5.41, 5.74) is 2.28. The van der Waals surface area contributed by atoms with Crippen LogP contribution in [0.1, 0.15) is 52.7 Å². The van der Waals surface area contributed by atoms with E-state index in [1.807, 2.05) is 25.1 Å². The van der Waals surface area contributed by atoms with Gasteiger partial charge in [-0.25, -0.2) is 0 Å². The quantitative estimate of drug-likeness (QED) is 0.624. The molecule has 5 nitrogen and oxygen atoms in total. The van der Waals surface area contributed by atoms with Crippen LogP contribution in [0.5, 0.6) is 5.75 Å². The van der Waals surface area contributed by atoms with Crippen LogP contribution < -0.4 is 10.1 Å². The zero-order valence-corrected chi connectivity index (χ0v) is 15.9. The number of ether oxygens (including phenoxy) is 1. The molecular weight excluding hydrogens is 360 g/mol. The summed E-state index contributed by atoms with van der Waals surface area (Å²) in [7, 11) is 0. The minimum atomic E-state index is -0.346. The Kier molecular flexibility index (Phi) is 4.87. The van der Waals surface area contributed by atoms with Crippen LogP contribution in [0.2, 0.25) is 0 Å². The second-order valence-electron chi connectivity index (χ2n) is 6.55.